The molecule has 21 heavy (non-hydrogen) atoms. The Morgan fingerprint density at radius 2 is 1.86 bits per heavy atom. The quantitative estimate of drug-likeness (QED) is 0.734. The van der Waals surface area contributed by atoms with E-state index in [1.54, 1.807) is 0 Å². The summed E-state index contributed by atoms with van der Waals surface area (Å²) in [6.45, 7) is 7.37. The van der Waals surface area contributed by atoms with Gasteiger partial charge in [0.05, 0.1) is 0 Å². The van der Waals surface area contributed by atoms with Gasteiger partial charge in [-0.15, -0.1) is 0 Å². The van der Waals surface area contributed by atoms with Crippen LogP contribution in [0.4, 0.5) is 4.79 Å². The largest absolute Gasteiger partial charge is 0.444 e. The van der Waals surface area contributed by atoms with Crippen LogP contribution in [0.3, 0.4) is 0 Å². The number of rotatable bonds is 2. The fourth-order valence-corrected chi connectivity index (χ4v) is 4.19. The molecular weight excluding hydrogens is 266 g/mol. The van der Waals surface area contributed by atoms with Gasteiger partial charge in [0.2, 0.25) is 0 Å². The van der Waals surface area contributed by atoms with E-state index in [1.807, 2.05) is 25.7 Å². The normalized spacial score (nSPS) is 31.7. The highest BCUT2D eigenvalue weighted by Gasteiger charge is 2.54. The van der Waals surface area contributed by atoms with E-state index in [2.05, 4.69) is 0 Å². The molecule has 0 aromatic rings. The highest BCUT2D eigenvalue weighted by atomic mass is 16.6. The van der Waals surface area contributed by atoms with Gasteiger partial charge in [0.15, 0.2) is 0 Å². The van der Waals surface area contributed by atoms with Crippen LogP contribution in [0, 0.1) is 23.2 Å². The van der Waals surface area contributed by atoms with Crippen molar-refractivity contribution in [1.29, 1.82) is 0 Å². The summed E-state index contributed by atoms with van der Waals surface area (Å²) < 4.78 is 5.44. The number of ether oxygens (including phenoxy) is 1. The summed E-state index contributed by atoms with van der Waals surface area (Å²) in [6.07, 6.45) is 6.82. The van der Waals surface area contributed by atoms with Gasteiger partial charge in [-0.25, -0.2) is 4.79 Å². The maximum Gasteiger partial charge on any atom is 0.410 e. The third kappa shape index (κ3) is 3.09. The van der Waals surface area contributed by atoms with Crippen molar-refractivity contribution in [2.45, 2.75) is 58.5 Å². The minimum absolute atomic E-state index is 0.170. The first-order chi connectivity index (χ1) is 9.82. The van der Waals surface area contributed by atoms with Crippen molar-refractivity contribution in [2.75, 3.05) is 13.1 Å². The number of aldehydes is 1. The molecule has 3 fully saturated rings. The average molecular weight is 293 g/mol. The molecule has 0 aromatic heterocycles. The second-order valence-corrected chi connectivity index (χ2v) is 8.34. The number of carbonyl (C=O) groups excluding carboxylic acids is 2. The molecule has 3 rings (SSSR count). The molecule has 0 N–H and O–H groups in total. The van der Waals surface area contributed by atoms with Gasteiger partial charge in [-0.2, -0.15) is 0 Å². The van der Waals surface area contributed by atoms with E-state index in [-0.39, 0.29) is 6.09 Å². The van der Waals surface area contributed by atoms with E-state index < -0.39 is 5.60 Å². The van der Waals surface area contributed by atoms with Crippen LogP contribution in [0.15, 0.2) is 0 Å². The number of nitrogens with zero attached hydrogens (tertiary/aromatic N) is 1. The molecule has 0 unspecified atom stereocenters. The molecule has 2 aliphatic carbocycles. The Bertz CT molecular complexity index is 424. The van der Waals surface area contributed by atoms with Gasteiger partial charge in [0.25, 0.3) is 0 Å². The van der Waals surface area contributed by atoms with Gasteiger partial charge in [-0.3, -0.25) is 0 Å². The van der Waals surface area contributed by atoms with Crippen LogP contribution in [0.25, 0.3) is 0 Å². The van der Waals surface area contributed by atoms with Crippen molar-refractivity contribution in [3.05, 3.63) is 0 Å². The van der Waals surface area contributed by atoms with Crippen LogP contribution in [0.1, 0.15) is 52.9 Å². The number of carbonyl (C=O) groups is 2. The summed E-state index contributed by atoms with van der Waals surface area (Å²) in [5.74, 6) is 1.81. The van der Waals surface area contributed by atoms with E-state index in [4.69, 9.17) is 4.74 Å². The van der Waals surface area contributed by atoms with Crippen LogP contribution in [-0.4, -0.2) is 36.0 Å². The van der Waals surface area contributed by atoms with E-state index >= 15 is 0 Å². The van der Waals surface area contributed by atoms with Crippen LogP contribution in [-0.2, 0) is 9.53 Å². The average Bonchev–Trinajstić information content (AvgIpc) is 3.13. The predicted octanol–water partition coefficient (Wildman–Crippen LogP) is 3.25. The molecular formula is C17H27NO3. The molecule has 118 valence electrons. The van der Waals surface area contributed by atoms with E-state index in [0.29, 0.717) is 17.3 Å². The van der Waals surface area contributed by atoms with Crippen molar-refractivity contribution in [1.82, 2.24) is 4.90 Å². The molecule has 0 bridgehead atoms. The molecule has 1 aliphatic heterocycles. The van der Waals surface area contributed by atoms with Crippen LogP contribution >= 0.6 is 0 Å². The minimum atomic E-state index is -0.413. The molecule has 4 heteroatoms. The van der Waals surface area contributed by atoms with Crippen LogP contribution in [0.5, 0.6) is 0 Å². The summed E-state index contributed by atoms with van der Waals surface area (Å²) in [4.78, 5) is 24.7. The van der Waals surface area contributed by atoms with Crippen LogP contribution in [0.2, 0.25) is 0 Å². The van der Waals surface area contributed by atoms with Crippen molar-refractivity contribution in [3.63, 3.8) is 0 Å². The van der Waals surface area contributed by atoms with Gasteiger partial charge >= 0.3 is 6.09 Å². The summed E-state index contributed by atoms with van der Waals surface area (Å²) in [6, 6.07) is 0. The fraction of sp³-hybridized carbons (Fsp3) is 0.882. The summed E-state index contributed by atoms with van der Waals surface area (Å²) >= 11 is 0. The second-order valence-electron chi connectivity index (χ2n) is 8.34. The third-order valence-electron chi connectivity index (χ3n) is 5.54. The van der Waals surface area contributed by atoms with Gasteiger partial charge < -0.3 is 14.4 Å². The standard InChI is InChI=1S/C17H27NO3/c1-16(2,3)21-15(20)18-6-4-17(5-7-18)9-13(10-17)14-8-12(14)11-19/h11-14H,4-10H2,1-3H3/t12-,14+/m1/s1. The first kappa shape index (κ1) is 14.9. The Balaban J connectivity index is 1.44. The Kier molecular flexibility index (Phi) is 3.53. The third-order valence-corrected chi connectivity index (χ3v) is 5.54. The van der Waals surface area contributed by atoms with Crippen molar-refractivity contribution in [3.8, 4) is 0 Å². The fourth-order valence-electron chi connectivity index (χ4n) is 4.19. The Hall–Kier alpha value is -1.06. The first-order valence-corrected chi connectivity index (χ1v) is 8.25. The lowest BCUT2D eigenvalue weighted by atomic mass is 9.56. The molecule has 3 aliphatic rings. The smallest absolute Gasteiger partial charge is 0.410 e. The lowest BCUT2D eigenvalue weighted by Crippen LogP contribution is -2.50. The minimum Gasteiger partial charge on any atom is -0.444 e. The SMILES string of the molecule is CC(C)(C)OC(=O)N1CCC2(CC1)CC([C@H]1C[C@@H]1C=O)C2. The molecule has 1 heterocycles. The molecule has 0 aromatic carbocycles. The molecule has 2 saturated carbocycles. The maximum absolute atomic E-state index is 12.1. The summed E-state index contributed by atoms with van der Waals surface area (Å²) in [5, 5.41) is 0. The lowest BCUT2D eigenvalue weighted by molar-refractivity contribution is -0.109. The van der Waals surface area contributed by atoms with Crippen LogP contribution < -0.4 is 0 Å². The van der Waals surface area contributed by atoms with E-state index in [0.717, 1.165) is 44.6 Å². The number of likely N-dealkylation sites (tertiary alicyclic amines) is 1. The zero-order valence-corrected chi connectivity index (χ0v) is 13.4. The van der Waals surface area contributed by atoms with E-state index in [1.165, 1.54) is 12.8 Å². The van der Waals surface area contributed by atoms with Crippen molar-refractivity contribution >= 4 is 12.4 Å². The summed E-state index contributed by atoms with van der Waals surface area (Å²) in [5.41, 5.74) is 0.0444. The van der Waals surface area contributed by atoms with Gasteiger partial charge in [-0.1, -0.05) is 0 Å². The Morgan fingerprint density at radius 3 is 2.33 bits per heavy atom. The Labute approximate surface area is 127 Å². The van der Waals surface area contributed by atoms with Gasteiger partial charge in [-0.05, 0) is 70.1 Å². The Morgan fingerprint density at radius 1 is 1.24 bits per heavy atom. The number of hydrogen-bond donors (Lipinski definition) is 0. The highest BCUT2D eigenvalue weighted by molar-refractivity contribution is 5.68. The van der Waals surface area contributed by atoms with Gasteiger partial charge in [0, 0.05) is 19.0 Å². The monoisotopic (exact) mass is 293 g/mol. The molecule has 1 amide bonds. The second kappa shape index (κ2) is 4.99. The lowest BCUT2D eigenvalue weighted by Gasteiger charge is -2.52. The molecule has 1 saturated heterocycles. The number of piperidine rings is 1. The highest BCUT2D eigenvalue weighted by Crippen LogP contribution is 2.61. The summed E-state index contributed by atoms with van der Waals surface area (Å²) in [7, 11) is 0. The molecule has 4 nitrogen and oxygen atoms in total. The number of amides is 1. The molecule has 1 spiro atoms. The first-order valence-electron chi connectivity index (χ1n) is 8.25. The predicted molar refractivity (Wildman–Crippen MR) is 79.9 cm³/mol. The van der Waals surface area contributed by atoms with Gasteiger partial charge in [0.1, 0.15) is 11.9 Å². The van der Waals surface area contributed by atoms with E-state index in [9.17, 15) is 9.59 Å². The number of hydrogen-bond acceptors (Lipinski definition) is 3. The molecule has 0 radical (unpaired) electrons. The zero-order chi connectivity index (χ0) is 15.3. The van der Waals surface area contributed by atoms with Crippen molar-refractivity contribution < 1.29 is 14.3 Å². The maximum atomic E-state index is 12.1. The topological polar surface area (TPSA) is 46.6 Å². The zero-order valence-electron chi connectivity index (χ0n) is 13.4. The van der Waals surface area contributed by atoms with Crippen molar-refractivity contribution in [2.24, 2.45) is 23.2 Å². The molecule has 2 atom stereocenters.